The van der Waals surface area contributed by atoms with Gasteiger partial charge in [-0.1, -0.05) is 34.8 Å². The molecule has 0 fully saturated rings. The summed E-state index contributed by atoms with van der Waals surface area (Å²) in [6.07, 6.45) is 0. The molecule has 1 aromatic heterocycles. The molecule has 0 bridgehead atoms. The first-order chi connectivity index (χ1) is 14.2. The SMILES string of the molecule is CN(CC(=O)Nc1ccc(Cl)c(Cl)c1)C(=O)Cn1c(-c2ccc(Cl)cc2)n[nH]c1=S. The molecule has 0 aliphatic heterocycles. The molecular weight excluding hydrogens is 469 g/mol. The molecule has 0 saturated carbocycles. The van der Waals surface area contributed by atoms with E-state index in [2.05, 4.69) is 15.5 Å². The number of hydrogen-bond acceptors (Lipinski definition) is 4. The molecule has 3 rings (SSSR count). The van der Waals surface area contributed by atoms with E-state index in [0.717, 1.165) is 5.56 Å². The molecule has 3 aromatic rings. The second-order valence-electron chi connectivity index (χ2n) is 6.37. The van der Waals surface area contributed by atoms with Gasteiger partial charge < -0.3 is 10.2 Å². The summed E-state index contributed by atoms with van der Waals surface area (Å²) in [5, 5.41) is 10.8. The van der Waals surface area contributed by atoms with Crippen molar-refractivity contribution in [3.05, 3.63) is 62.3 Å². The molecule has 0 aliphatic rings. The van der Waals surface area contributed by atoms with Crippen LogP contribution in [0.5, 0.6) is 0 Å². The van der Waals surface area contributed by atoms with Gasteiger partial charge in [0.15, 0.2) is 10.6 Å². The molecule has 2 amide bonds. The first kappa shape index (κ1) is 22.3. The number of carbonyl (C=O) groups is 2. The lowest BCUT2D eigenvalue weighted by molar-refractivity contribution is -0.133. The summed E-state index contributed by atoms with van der Waals surface area (Å²) in [4.78, 5) is 26.2. The lowest BCUT2D eigenvalue weighted by atomic mass is 10.2. The molecule has 0 atom stereocenters. The third-order valence-corrected chi connectivity index (χ3v) is 5.47. The third kappa shape index (κ3) is 5.40. The Kier molecular flexibility index (Phi) is 7.14. The van der Waals surface area contributed by atoms with E-state index in [1.54, 1.807) is 41.0 Å². The molecule has 156 valence electrons. The van der Waals surface area contributed by atoms with Crippen LogP contribution < -0.4 is 5.32 Å². The number of likely N-dealkylation sites (N-methyl/N-ethyl adjacent to an activating group) is 1. The van der Waals surface area contributed by atoms with Gasteiger partial charge in [0.05, 0.1) is 16.6 Å². The highest BCUT2D eigenvalue weighted by molar-refractivity contribution is 7.71. The molecular formula is C19H16Cl3N5O2S. The second-order valence-corrected chi connectivity index (χ2v) is 8.01. The molecule has 2 N–H and O–H groups in total. The van der Waals surface area contributed by atoms with Gasteiger partial charge in [-0.2, -0.15) is 5.10 Å². The van der Waals surface area contributed by atoms with E-state index in [0.29, 0.717) is 31.4 Å². The van der Waals surface area contributed by atoms with Crippen LogP contribution in [0.2, 0.25) is 15.1 Å². The Morgan fingerprint density at radius 2 is 1.83 bits per heavy atom. The van der Waals surface area contributed by atoms with Gasteiger partial charge in [-0.25, -0.2) is 0 Å². The molecule has 0 aliphatic carbocycles. The average molecular weight is 485 g/mol. The van der Waals surface area contributed by atoms with Crippen LogP contribution in [0, 0.1) is 4.77 Å². The Morgan fingerprint density at radius 1 is 1.13 bits per heavy atom. The average Bonchev–Trinajstić information content (AvgIpc) is 3.05. The smallest absolute Gasteiger partial charge is 0.243 e. The Balaban J connectivity index is 1.66. The summed E-state index contributed by atoms with van der Waals surface area (Å²) < 4.78 is 1.86. The van der Waals surface area contributed by atoms with Gasteiger partial charge in [0, 0.05) is 23.3 Å². The predicted octanol–water partition coefficient (Wildman–Crippen LogP) is 4.66. The van der Waals surface area contributed by atoms with Gasteiger partial charge in [0.2, 0.25) is 11.8 Å². The largest absolute Gasteiger partial charge is 0.335 e. The fourth-order valence-electron chi connectivity index (χ4n) is 2.62. The summed E-state index contributed by atoms with van der Waals surface area (Å²) in [5.74, 6) is -0.191. The highest BCUT2D eigenvalue weighted by atomic mass is 35.5. The molecule has 30 heavy (non-hydrogen) atoms. The fraction of sp³-hybridized carbons (Fsp3) is 0.158. The van der Waals surface area contributed by atoms with Gasteiger partial charge in [0.25, 0.3) is 0 Å². The summed E-state index contributed by atoms with van der Waals surface area (Å²) in [6, 6.07) is 11.7. The van der Waals surface area contributed by atoms with Crippen LogP contribution in [0.3, 0.4) is 0 Å². The zero-order valence-electron chi connectivity index (χ0n) is 15.7. The van der Waals surface area contributed by atoms with Crippen LogP contribution in [0.4, 0.5) is 5.69 Å². The van der Waals surface area contributed by atoms with Gasteiger partial charge in [-0.15, -0.1) is 0 Å². The van der Waals surface area contributed by atoms with Crippen LogP contribution in [0.1, 0.15) is 0 Å². The Hall–Kier alpha value is -2.39. The monoisotopic (exact) mass is 483 g/mol. The van der Waals surface area contributed by atoms with E-state index in [1.165, 1.54) is 18.0 Å². The van der Waals surface area contributed by atoms with Gasteiger partial charge in [-0.05, 0) is 54.7 Å². The number of benzene rings is 2. The molecule has 0 unspecified atom stereocenters. The van der Waals surface area contributed by atoms with Gasteiger partial charge in [-0.3, -0.25) is 19.3 Å². The van der Waals surface area contributed by atoms with Crippen molar-refractivity contribution in [2.24, 2.45) is 0 Å². The molecule has 7 nitrogen and oxygen atoms in total. The Morgan fingerprint density at radius 3 is 2.50 bits per heavy atom. The van der Waals surface area contributed by atoms with E-state index in [-0.39, 0.29) is 24.9 Å². The first-order valence-corrected chi connectivity index (χ1v) is 10.2. The number of rotatable bonds is 6. The molecule has 0 saturated heterocycles. The maximum Gasteiger partial charge on any atom is 0.243 e. The van der Waals surface area contributed by atoms with Crippen LogP contribution in [0.25, 0.3) is 11.4 Å². The zero-order chi connectivity index (χ0) is 21.8. The number of hydrogen-bond donors (Lipinski definition) is 2. The van der Waals surface area contributed by atoms with Crippen molar-refractivity contribution in [3.63, 3.8) is 0 Å². The highest BCUT2D eigenvalue weighted by Crippen LogP contribution is 2.25. The molecule has 1 heterocycles. The quantitative estimate of drug-likeness (QED) is 0.498. The molecule has 0 spiro atoms. The maximum absolute atomic E-state index is 12.7. The zero-order valence-corrected chi connectivity index (χ0v) is 18.7. The number of nitrogens with zero attached hydrogens (tertiary/aromatic N) is 3. The van der Waals surface area contributed by atoms with Crippen molar-refractivity contribution in [2.75, 3.05) is 18.9 Å². The van der Waals surface area contributed by atoms with Crippen molar-refractivity contribution in [3.8, 4) is 11.4 Å². The number of nitrogens with one attached hydrogen (secondary N) is 2. The number of H-pyrrole nitrogens is 1. The third-order valence-electron chi connectivity index (χ3n) is 4.16. The maximum atomic E-state index is 12.7. The van der Waals surface area contributed by atoms with Crippen LogP contribution in [0.15, 0.2) is 42.5 Å². The normalized spacial score (nSPS) is 10.7. The highest BCUT2D eigenvalue weighted by Gasteiger charge is 2.17. The lowest BCUT2D eigenvalue weighted by Gasteiger charge is -2.18. The van der Waals surface area contributed by atoms with Gasteiger partial charge >= 0.3 is 0 Å². The first-order valence-electron chi connectivity index (χ1n) is 8.64. The van der Waals surface area contributed by atoms with Gasteiger partial charge in [0.1, 0.15) is 6.54 Å². The van der Waals surface area contributed by atoms with Crippen molar-refractivity contribution < 1.29 is 9.59 Å². The summed E-state index contributed by atoms with van der Waals surface area (Å²) >= 11 is 23.0. The Labute approximate surface area is 192 Å². The minimum absolute atomic E-state index is 0.0795. The van der Waals surface area contributed by atoms with Crippen LogP contribution in [-0.4, -0.2) is 45.1 Å². The summed E-state index contributed by atoms with van der Waals surface area (Å²) in [5.41, 5.74) is 1.23. The molecule has 2 aromatic carbocycles. The molecule has 11 heteroatoms. The fourth-order valence-corrected chi connectivity index (χ4v) is 3.24. The summed E-state index contributed by atoms with van der Waals surface area (Å²) in [7, 11) is 1.53. The van der Waals surface area contributed by atoms with E-state index in [4.69, 9.17) is 47.0 Å². The second kappa shape index (κ2) is 9.61. The number of halogens is 3. The minimum Gasteiger partial charge on any atom is -0.335 e. The van der Waals surface area contributed by atoms with E-state index in [1.807, 2.05) is 0 Å². The standard InChI is InChI=1S/C19H16Cl3N5O2S/c1-26(9-16(28)23-13-6-7-14(21)15(22)8-13)17(29)10-27-18(24-25-19(27)30)11-2-4-12(20)5-3-11/h2-8H,9-10H2,1H3,(H,23,28)(H,25,30). The topological polar surface area (TPSA) is 83.0 Å². The predicted molar refractivity (Wildman–Crippen MR) is 121 cm³/mol. The van der Waals surface area contributed by atoms with E-state index >= 15 is 0 Å². The number of anilines is 1. The minimum atomic E-state index is -0.377. The van der Waals surface area contributed by atoms with Crippen LogP contribution in [-0.2, 0) is 16.1 Å². The van der Waals surface area contributed by atoms with Crippen molar-refractivity contribution in [2.45, 2.75) is 6.54 Å². The van der Waals surface area contributed by atoms with Crippen molar-refractivity contribution in [1.29, 1.82) is 0 Å². The van der Waals surface area contributed by atoms with Crippen molar-refractivity contribution in [1.82, 2.24) is 19.7 Å². The Bertz CT molecular complexity index is 1140. The lowest BCUT2D eigenvalue weighted by Crippen LogP contribution is -2.37. The van der Waals surface area contributed by atoms with E-state index < -0.39 is 0 Å². The van der Waals surface area contributed by atoms with Crippen molar-refractivity contribution >= 4 is 64.5 Å². The summed E-state index contributed by atoms with van der Waals surface area (Å²) in [6.45, 7) is -0.232. The number of carbonyl (C=O) groups excluding carboxylic acids is 2. The van der Waals surface area contributed by atoms with Crippen LogP contribution >= 0.6 is 47.0 Å². The number of aromatic nitrogens is 3. The number of amides is 2. The molecule has 0 radical (unpaired) electrons. The number of aromatic amines is 1. The van der Waals surface area contributed by atoms with E-state index in [9.17, 15) is 9.59 Å².